The van der Waals surface area contributed by atoms with Crippen molar-refractivity contribution in [1.29, 1.82) is 0 Å². The Morgan fingerprint density at radius 3 is 1.97 bits per heavy atom. The molecule has 0 N–H and O–H groups in total. The standard InChI is InChI=1S/C22H29N3O5/c1-29-17-12-16(13-18(14-17)30-2)20(26)23-8-10-24(11-9-23)22(28)19-4-3-7-25(19)21(27)15-5-6-15/h12-15,19H,3-11H2,1-2H3. The monoisotopic (exact) mass is 415 g/mol. The van der Waals surface area contributed by atoms with E-state index in [4.69, 9.17) is 9.47 Å². The highest BCUT2D eigenvalue weighted by atomic mass is 16.5. The number of nitrogens with zero attached hydrogens (tertiary/aromatic N) is 3. The van der Waals surface area contributed by atoms with E-state index in [1.54, 1.807) is 47.1 Å². The summed E-state index contributed by atoms with van der Waals surface area (Å²) in [7, 11) is 3.10. The Hall–Kier alpha value is -2.77. The molecule has 1 saturated carbocycles. The highest BCUT2D eigenvalue weighted by molar-refractivity contribution is 5.95. The van der Waals surface area contributed by atoms with E-state index in [1.165, 1.54) is 0 Å². The fourth-order valence-electron chi connectivity index (χ4n) is 4.31. The molecule has 30 heavy (non-hydrogen) atoms. The Bertz CT molecular complexity index is 808. The van der Waals surface area contributed by atoms with Gasteiger partial charge in [-0.25, -0.2) is 0 Å². The number of methoxy groups -OCH3 is 2. The molecule has 8 nitrogen and oxygen atoms in total. The first kappa shape index (κ1) is 20.5. The first-order chi connectivity index (χ1) is 14.5. The van der Waals surface area contributed by atoms with Gasteiger partial charge in [0.1, 0.15) is 17.5 Å². The molecule has 1 aromatic rings. The van der Waals surface area contributed by atoms with E-state index < -0.39 is 0 Å². The molecule has 3 fully saturated rings. The summed E-state index contributed by atoms with van der Waals surface area (Å²) in [5.41, 5.74) is 0.503. The Balaban J connectivity index is 1.37. The van der Waals surface area contributed by atoms with Crippen LogP contribution in [-0.2, 0) is 9.59 Å². The number of hydrogen-bond acceptors (Lipinski definition) is 5. The lowest BCUT2D eigenvalue weighted by Gasteiger charge is -2.37. The van der Waals surface area contributed by atoms with Gasteiger partial charge in [0.2, 0.25) is 11.8 Å². The van der Waals surface area contributed by atoms with Gasteiger partial charge >= 0.3 is 0 Å². The summed E-state index contributed by atoms with van der Waals surface area (Å²) in [5.74, 6) is 1.32. The summed E-state index contributed by atoms with van der Waals surface area (Å²) < 4.78 is 10.5. The summed E-state index contributed by atoms with van der Waals surface area (Å²) in [4.78, 5) is 43.9. The molecule has 0 aromatic heterocycles. The maximum absolute atomic E-state index is 13.1. The summed E-state index contributed by atoms with van der Waals surface area (Å²) in [6.45, 7) is 2.57. The molecule has 3 amide bonds. The van der Waals surface area contributed by atoms with Crippen LogP contribution in [0.25, 0.3) is 0 Å². The van der Waals surface area contributed by atoms with Crippen LogP contribution in [0.3, 0.4) is 0 Å². The van der Waals surface area contributed by atoms with Crippen molar-refractivity contribution in [2.75, 3.05) is 46.9 Å². The summed E-state index contributed by atoms with van der Waals surface area (Å²) in [5, 5.41) is 0. The van der Waals surface area contributed by atoms with E-state index in [0.29, 0.717) is 49.8 Å². The van der Waals surface area contributed by atoms with Gasteiger partial charge in [0.05, 0.1) is 14.2 Å². The van der Waals surface area contributed by atoms with Gasteiger partial charge in [-0.3, -0.25) is 14.4 Å². The number of likely N-dealkylation sites (tertiary alicyclic amines) is 1. The van der Waals surface area contributed by atoms with Crippen molar-refractivity contribution in [2.45, 2.75) is 31.7 Å². The number of ether oxygens (including phenoxy) is 2. The van der Waals surface area contributed by atoms with Crippen LogP contribution in [0.15, 0.2) is 18.2 Å². The third kappa shape index (κ3) is 4.08. The normalized spacial score (nSPS) is 21.5. The highest BCUT2D eigenvalue weighted by Crippen LogP contribution is 2.34. The number of hydrogen-bond donors (Lipinski definition) is 0. The largest absolute Gasteiger partial charge is 0.497 e. The van der Waals surface area contributed by atoms with E-state index >= 15 is 0 Å². The van der Waals surface area contributed by atoms with Crippen LogP contribution in [-0.4, -0.2) is 85.4 Å². The predicted octanol–water partition coefficient (Wildman–Crippen LogP) is 1.39. The smallest absolute Gasteiger partial charge is 0.254 e. The number of rotatable bonds is 5. The van der Waals surface area contributed by atoms with Crippen LogP contribution < -0.4 is 9.47 Å². The number of amides is 3. The van der Waals surface area contributed by atoms with Crippen molar-refractivity contribution >= 4 is 17.7 Å². The van der Waals surface area contributed by atoms with Crippen LogP contribution >= 0.6 is 0 Å². The predicted molar refractivity (Wildman–Crippen MR) is 109 cm³/mol. The Kier molecular flexibility index (Phi) is 5.83. The van der Waals surface area contributed by atoms with Gasteiger partial charge in [0, 0.05) is 50.3 Å². The SMILES string of the molecule is COc1cc(OC)cc(C(=O)N2CCN(C(=O)C3CCCN3C(=O)C3CC3)CC2)c1. The Labute approximate surface area is 176 Å². The molecule has 0 bridgehead atoms. The van der Waals surface area contributed by atoms with Gasteiger partial charge in [-0.1, -0.05) is 0 Å². The molecule has 2 saturated heterocycles. The van der Waals surface area contributed by atoms with Crippen molar-refractivity contribution in [2.24, 2.45) is 5.92 Å². The molecule has 3 aliphatic rings. The average Bonchev–Trinajstić information content (AvgIpc) is 3.53. The molecule has 1 aliphatic carbocycles. The molecule has 4 rings (SSSR count). The van der Waals surface area contributed by atoms with E-state index in [9.17, 15) is 14.4 Å². The minimum absolute atomic E-state index is 0.0247. The molecule has 0 spiro atoms. The Morgan fingerprint density at radius 2 is 1.40 bits per heavy atom. The van der Waals surface area contributed by atoms with E-state index in [0.717, 1.165) is 25.7 Å². The molecular weight excluding hydrogens is 386 g/mol. The van der Waals surface area contributed by atoms with Crippen LogP contribution in [0, 0.1) is 5.92 Å². The highest BCUT2D eigenvalue weighted by Gasteiger charge is 2.42. The first-order valence-corrected chi connectivity index (χ1v) is 10.6. The second kappa shape index (κ2) is 8.53. The molecular formula is C22H29N3O5. The van der Waals surface area contributed by atoms with Gasteiger partial charge < -0.3 is 24.2 Å². The quantitative estimate of drug-likeness (QED) is 0.726. The van der Waals surface area contributed by atoms with Gasteiger partial charge in [-0.2, -0.15) is 0 Å². The topological polar surface area (TPSA) is 79.4 Å². The molecule has 2 aliphatic heterocycles. The van der Waals surface area contributed by atoms with Crippen LogP contribution in [0.5, 0.6) is 11.5 Å². The van der Waals surface area contributed by atoms with Crippen LogP contribution in [0.4, 0.5) is 0 Å². The molecule has 162 valence electrons. The van der Waals surface area contributed by atoms with Crippen molar-refractivity contribution in [1.82, 2.24) is 14.7 Å². The van der Waals surface area contributed by atoms with Crippen molar-refractivity contribution in [3.8, 4) is 11.5 Å². The Morgan fingerprint density at radius 1 is 0.800 bits per heavy atom. The lowest BCUT2D eigenvalue weighted by atomic mass is 10.1. The third-order valence-corrected chi connectivity index (χ3v) is 6.22. The van der Waals surface area contributed by atoms with Gasteiger partial charge in [-0.05, 0) is 37.8 Å². The third-order valence-electron chi connectivity index (χ3n) is 6.22. The zero-order valence-corrected chi connectivity index (χ0v) is 17.6. The molecule has 0 radical (unpaired) electrons. The van der Waals surface area contributed by atoms with E-state index in [2.05, 4.69) is 0 Å². The lowest BCUT2D eigenvalue weighted by molar-refractivity contribution is -0.145. The van der Waals surface area contributed by atoms with Gasteiger partial charge in [0.25, 0.3) is 5.91 Å². The van der Waals surface area contributed by atoms with Gasteiger partial charge in [-0.15, -0.1) is 0 Å². The maximum atomic E-state index is 13.1. The minimum Gasteiger partial charge on any atom is -0.497 e. The zero-order valence-electron chi connectivity index (χ0n) is 17.6. The average molecular weight is 415 g/mol. The maximum Gasteiger partial charge on any atom is 0.254 e. The number of piperazine rings is 1. The molecule has 1 aromatic carbocycles. The molecule has 1 unspecified atom stereocenters. The van der Waals surface area contributed by atoms with E-state index in [-0.39, 0.29) is 29.7 Å². The van der Waals surface area contributed by atoms with Crippen molar-refractivity contribution in [3.05, 3.63) is 23.8 Å². The first-order valence-electron chi connectivity index (χ1n) is 10.6. The number of carbonyl (C=O) groups excluding carboxylic acids is 3. The van der Waals surface area contributed by atoms with Crippen LogP contribution in [0.2, 0.25) is 0 Å². The van der Waals surface area contributed by atoms with E-state index in [1.807, 2.05) is 0 Å². The van der Waals surface area contributed by atoms with Crippen molar-refractivity contribution in [3.63, 3.8) is 0 Å². The summed E-state index contributed by atoms with van der Waals surface area (Å²) in [6.07, 6.45) is 3.52. The summed E-state index contributed by atoms with van der Waals surface area (Å²) in [6, 6.07) is 4.79. The zero-order chi connectivity index (χ0) is 21.3. The van der Waals surface area contributed by atoms with Crippen molar-refractivity contribution < 1.29 is 23.9 Å². The number of carbonyl (C=O) groups is 3. The molecule has 8 heteroatoms. The van der Waals surface area contributed by atoms with Crippen LogP contribution in [0.1, 0.15) is 36.0 Å². The number of benzene rings is 1. The second-order valence-electron chi connectivity index (χ2n) is 8.18. The minimum atomic E-state index is -0.331. The lowest BCUT2D eigenvalue weighted by Crippen LogP contribution is -2.55. The summed E-state index contributed by atoms with van der Waals surface area (Å²) >= 11 is 0. The molecule has 1 atom stereocenters. The fourth-order valence-corrected chi connectivity index (χ4v) is 4.31. The fraction of sp³-hybridized carbons (Fsp3) is 0.591. The molecule has 2 heterocycles. The second-order valence-corrected chi connectivity index (χ2v) is 8.18. The van der Waals surface area contributed by atoms with Gasteiger partial charge in [0.15, 0.2) is 0 Å².